The molecule has 128 valence electrons. The molecule has 1 aromatic carbocycles. The Bertz CT molecular complexity index is 494. The fourth-order valence-electron chi connectivity index (χ4n) is 1.80. The van der Waals surface area contributed by atoms with E-state index in [1.807, 2.05) is 38.1 Å². The largest absolute Gasteiger partial charge is 0.494 e. The molecule has 0 saturated carbocycles. The third-order valence-corrected chi connectivity index (χ3v) is 3.17. The van der Waals surface area contributed by atoms with Gasteiger partial charge in [-0.25, -0.2) is 0 Å². The lowest BCUT2D eigenvalue weighted by Crippen LogP contribution is -2.49. The molecule has 6 nitrogen and oxygen atoms in total. The molecular formula is C16H25N3O3S. The van der Waals surface area contributed by atoms with Crippen LogP contribution >= 0.6 is 12.2 Å². The van der Waals surface area contributed by atoms with E-state index < -0.39 is 0 Å². The lowest BCUT2D eigenvalue weighted by molar-refractivity contribution is -0.121. The van der Waals surface area contributed by atoms with Crippen molar-refractivity contribution in [1.82, 2.24) is 16.2 Å². The molecule has 3 N–H and O–H groups in total. The number of methoxy groups -OCH3 is 1. The van der Waals surface area contributed by atoms with Gasteiger partial charge in [-0.2, -0.15) is 0 Å². The van der Waals surface area contributed by atoms with E-state index in [-0.39, 0.29) is 11.9 Å². The lowest BCUT2D eigenvalue weighted by atomic mass is 10.2. The highest BCUT2D eigenvalue weighted by atomic mass is 32.1. The molecule has 0 saturated heterocycles. The first kappa shape index (κ1) is 19.2. The summed E-state index contributed by atoms with van der Waals surface area (Å²) < 4.78 is 10.6. The Morgan fingerprint density at radius 1 is 1.26 bits per heavy atom. The van der Waals surface area contributed by atoms with E-state index in [4.69, 9.17) is 21.7 Å². The highest BCUT2D eigenvalue weighted by Gasteiger charge is 2.05. The van der Waals surface area contributed by atoms with Crippen LogP contribution in [0, 0.1) is 6.92 Å². The van der Waals surface area contributed by atoms with E-state index in [2.05, 4.69) is 16.2 Å². The van der Waals surface area contributed by atoms with Crippen LogP contribution in [-0.2, 0) is 9.53 Å². The molecule has 0 heterocycles. The Morgan fingerprint density at radius 2 is 1.96 bits per heavy atom. The summed E-state index contributed by atoms with van der Waals surface area (Å²) >= 11 is 5.06. The second-order valence-corrected chi connectivity index (χ2v) is 5.68. The fourth-order valence-corrected chi connectivity index (χ4v) is 2.05. The molecule has 1 aromatic rings. The van der Waals surface area contributed by atoms with Crippen LogP contribution < -0.4 is 20.9 Å². The lowest BCUT2D eigenvalue weighted by Gasteiger charge is -2.16. The van der Waals surface area contributed by atoms with Crippen LogP contribution in [-0.4, -0.2) is 37.4 Å². The van der Waals surface area contributed by atoms with E-state index in [1.165, 1.54) is 5.56 Å². The van der Waals surface area contributed by atoms with Crippen LogP contribution in [0.15, 0.2) is 24.3 Å². The van der Waals surface area contributed by atoms with Crippen molar-refractivity contribution >= 4 is 23.2 Å². The number of nitrogens with one attached hydrogen (secondary N) is 3. The van der Waals surface area contributed by atoms with Gasteiger partial charge in [-0.05, 0) is 44.6 Å². The van der Waals surface area contributed by atoms with Crippen molar-refractivity contribution in [1.29, 1.82) is 0 Å². The summed E-state index contributed by atoms with van der Waals surface area (Å²) in [7, 11) is 1.62. The van der Waals surface area contributed by atoms with Crippen molar-refractivity contribution in [2.24, 2.45) is 0 Å². The van der Waals surface area contributed by atoms with E-state index in [1.54, 1.807) is 7.11 Å². The minimum absolute atomic E-state index is 0.0693. The number of hydrogen-bond acceptors (Lipinski definition) is 4. The average Bonchev–Trinajstić information content (AvgIpc) is 2.51. The highest BCUT2D eigenvalue weighted by molar-refractivity contribution is 7.80. The van der Waals surface area contributed by atoms with Gasteiger partial charge < -0.3 is 14.8 Å². The Balaban J connectivity index is 2.10. The van der Waals surface area contributed by atoms with Crippen LogP contribution in [0.5, 0.6) is 5.75 Å². The predicted octanol–water partition coefficient (Wildman–Crippen LogP) is 1.68. The Hall–Kier alpha value is -1.86. The molecule has 0 radical (unpaired) electrons. The number of carbonyl (C=O) groups excluding carboxylic acids is 1. The van der Waals surface area contributed by atoms with E-state index in [9.17, 15) is 4.79 Å². The van der Waals surface area contributed by atoms with Gasteiger partial charge in [0.05, 0.1) is 13.2 Å². The molecule has 0 bridgehead atoms. The van der Waals surface area contributed by atoms with Crippen LogP contribution in [0.1, 0.15) is 25.3 Å². The van der Waals surface area contributed by atoms with Gasteiger partial charge >= 0.3 is 0 Å². The van der Waals surface area contributed by atoms with Crippen molar-refractivity contribution in [3.63, 3.8) is 0 Å². The number of carbonyl (C=O) groups is 1. The maximum atomic E-state index is 11.7. The quantitative estimate of drug-likeness (QED) is 0.380. The maximum Gasteiger partial charge on any atom is 0.238 e. The molecule has 0 spiro atoms. The van der Waals surface area contributed by atoms with Crippen LogP contribution in [0.25, 0.3) is 0 Å². The van der Waals surface area contributed by atoms with Gasteiger partial charge in [0.2, 0.25) is 5.91 Å². The van der Waals surface area contributed by atoms with E-state index in [0.29, 0.717) is 31.2 Å². The fraction of sp³-hybridized carbons (Fsp3) is 0.500. The van der Waals surface area contributed by atoms with E-state index >= 15 is 0 Å². The molecule has 0 unspecified atom stereocenters. The Morgan fingerprint density at radius 3 is 2.61 bits per heavy atom. The van der Waals surface area contributed by atoms with Gasteiger partial charge in [-0.15, -0.1) is 0 Å². The summed E-state index contributed by atoms with van der Waals surface area (Å²) in [5.74, 6) is 0.674. The topological polar surface area (TPSA) is 71.6 Å². The standard InChI is InChI=1S/C16H25N3O3S/c1-12-6-8-14(9-7-12)22-10-4-5-15(20)18-19-16(23)17-13(2)11-21-3/h6-9,13H,4-5,10-11H2,1-3H3,(H,18,20)(H2,17,19,23)/t13-/m1/s1. The SMILES string of the molecule is COC[C@@H](C)NC(=S)NNC(=O)CCCOc1ccc(C)cc1. The average molecular weight is 339 g/mol. The zero-order chi connectivity index (χ0) is 17.1. The first-order valence-electron chi connectivity index (χ1n) is 7.55. The van der Waals surface area contributed by atoms with Gasteiger partial charge in [-0.3, -0.25) is 15.6 Å². The molecule has 0 aliphatic rings. The second-order valence-electron chi connectivity index (χ2n) is 5.27. The van der Waals surface area contributed by atoms with Crippen LogP contribution in [0.4, 0.5) is 0 Å². The Labute approximate surface area is 142 Å². The number of rotatable bonds is 8. The molecule has 1 rings (SSSR count). The summed E-state index contributed by atoms with van der Waals surface area (Å²) in [6, 6.07) is 7.89. The number of ether oxygens (including phenoxy) is 2. The summed E-state index contributed by atoms with van der Waals surface area (Å²) in [6.07, 6.45) is 0.983. The number of hydrogen-bond donors (Lipinski definition) is 3. The minimum Gasteiger partial charge on any atom is -0.494 e. The van der Waals surface area contributed by atoms with Crippen LogP contribution in [0.3, 0.4) is 0 Å². The molecule has 0 aromatic heterocycles. The maximum absolute atomic E-state index is 11.7. The molecule has 1 amide bonds. The van der Waals surface area contributed by atoms with Crippen molar-refractivity contribution in [2.45, 2.75) is 32.7 Å². The highest BCUT2D eigenvalue weighted by Crippen LogP contribution is 2.11. The van der Waals surface area contributed by atoms with Gasteiger partial charge in [0.25, 0.3) is 0 Å². The second kappa shape index (κ2) is 10.8. The normalized spacial score (nSPS) is 11.4. The third-order valence-electron chi connectivity index (χ3n) is 2.95. The number of benzene rings is 1. The summed E-state index contributed by atoms with van der Waals surface area (Å²) in [6.45, 7) is 4.98. The first-order valence-corrected chi connectivity index (χ1v) is 7.96. The molecule has 1 atom stereocenters. The number of amides is 1. The molecule has 23 heavy (non-hydrogen) atoms. The minimum atomic E-state index is -0.138. The Kier molecular flexibility index (Phi) is 9.01. The summed E-state index contributed by atoms with van der Waals surface area (Å²) in [5, 5.41) is 3.35. The number of aryl methyl sites for hydroxylation is 1. The summed E-state index contributed by atoms with van der Waals surface area (Å²) in [5.41, 5.74) is 6.40. The van der Waals surface area contributed by atoms with Gasteiger partial charge in [0, 0.05) is 19.6 Å². The van der Waals surface area contributed by atoms with Gasteiger partial charge in [-0.1, -0.05) is 17.7 Å². The molecule has 0 aliphatic carbocycles. The molecule has 0 fully saturated rings. The van der Waals surface area contributed by atoms with Gasteiger partial charge in [0.1, 0.15) is 5.75 Å². The van der Waals surface area contributed by atoms with Crippen molar-refractivity contribution in [3.05, 3.63) is 29.8 Å². The predicted molar refractivity (Wildman–Crippen MR) is 94.3 cm³/mol. The van der Waals surface area contributed by atoms with E-state index in [0.717, 1.165) is 5.75 Å². The molecular weight excluding hydrogens is 314 g/mol. The van der Waals surface area contributed by atoms with Crippen molar-refractivity contribution in [3.8, 4) is 5.75 Å². The van der Waals surface area contributed by atoms with Crippen molar-refractivity contribution < 1.29 is 14.3 Å². The van der Waals surface area contributed by atoms with Gasteiger partial charge in [0.15, 0.2) is 5.11 Å². The van der Waals surface area contributed by atoms with Crippen molar-refractivity contribution in [2.75, 3.05) is 20.3 Å². The zero-order valence-electron chi connectivity index (χ0n) is 13.8. The molecule has 7 heteroatoms. The van der Waals surface area contributed by atoms with Crippen LogP contribution in [0.2, 0.25) is 0 Å². The smallest absolute Gasteiger partial charge is 0.238 e. The number of hydrazine groups is 1. The third kappa shape index (κ3) is 9.00. The zero-order valence-corrected chi connectivity index (χ0v) is 14.7. The monoisotopic (exact) mass is 339 g/mol. The summed E-state index contributed by atoms with van der Waals surface area (Å²) in [4.78, 5) is 11.7. The number of thiocarbonyl (C=S) groups is 1. The first-order chi connectivity index (χ1) is 11.0. The molecule has 0 aliphatic heterocycles.